The van der Waals surface area contributed by atoms with E-state index in [9.17, 15) is 14.4 Å². The second-order valence-corrected chi connectivity index (χ2v) is 7.29. The van der Waals surface area contributed by atoms with Crippen LogP contribution in [0.25, 0.3) is 11.1 Å². The van der Waals surface area contributed by atoms with Crippen molar-refractivity contribution in [1.82, 2.24) is 25.5 Å². The molecule has 0 radical (unpaired) electrons. The highest BCUT2D eigenvalue weighted by atomic mass is 16.5. The maximum Gasteiger partial charge on any atom is 0.322 e. The summed E-state index contributed by atoms with van der Waals surface area (Å²) in [5, 5.41) is 5.48. The number of hydrogen-bond acceptors (Lipinski definition) is 7. The summed E-state index contributed by atoms with van der Waals surface area (Å²) in [4.78, 5) is 47.8. The van der Waals surface area contributed by atoms with Crippen molar-refractivity contribution in [3.8, 4) is 5.75 Å². The molecule has 0 saturated carbocycles. The van der Waals surface area contributed by atoms with Crippen molar-refractivity contribution in [2.24, 2.45) is 0 Å². The third-order valence-corrected chi connectivity index (χ3v) is 5.38. The minimum atomic E-state index is -1.58. The quantitative estimate of drug-likeness (QED) is 0.623. The molecule has 2 aliphatic rings. The van der Waals surface area contributed by atoms with Crippen LogP contribution in [-0.4, -0.2) is 46.4 Å². The number of rotatable bonds is 4. The van der Waals surface area contributed by atoms with Gasteiger partial charge >= 0.3 is 6.03 Å². The van der Waals surface area contributed by atoms with Crippen LogP contribution in [0.4, 0.5) is 4.79 Å². The van der Waals surface area contributed by atoms with Gasteiger partial charge in [-0.3, -0.25) is 14.9 Å². The molecule has 0 aliphatic carbocycles. The van der Waals surface area contributed by atoms with Crippen LogP contribution in [-0.2, 0) is 16.9 Å². The first-order valence-corrected chi connectivity index (χ1v) is 9.23. The van der Waals surface area contributed by atoms with E-state index in [2.05, 4.69) is 20.6 Å². The molecular weight excluding hydrogens is 390 g/mol. The van der Waals surface area contributed by atoms with Crippen LogP contribution < -0.4 is 15.4 Å². The third kappa shape index (κ3) is 2.60. The smallest absolute Gasteiger partial charge is 0.322 e. The van der Waals surface area contributed by atoms with Gasteiger partial charge in [-0.1, -0.05) is 6.07 Å². The molecule has 2 N–H and O–H groups in total. The fraction of sp³-hybridized carbons (Fsp3) is 0.250. The van der Waals surface area contributed by atoms with Gasteiger partial charge < -0.3 is 19.4 Å². The van der Waals surface area contributed by atoms with Gasteiger partial charge in [-0.05, 0) is 30.7 Å². The Bertz CT molecular complexity index is 1240. The summed E-state index contributed by atoms with van der Waals surface area (Å²) < 4.78 is 11.0. The van der Waals surface area contributed by atoms with Gasteiger partial charge in [-0.15, -0.1) is 0 Å². The summed E-state index contributed by atoms with van der Waals surface area (Å²) >= 11 is 0. The Morgan fingerprint density at radius 3 is 2.83 bits per heavy atom. The standard InChI is InChI=1S/C20H17N5O5/c1-10-21-7-12-5-15(30-16(12)22-10)20(18(27)23-19(28)24-20)9-25-8-11-3-4-13(29-2)6-14(11)17(25)26/h3-7H,8-9H2,1-2H3,(H2,23,24,27,28)/t20-/m0/s1. The van der Waals surface area contributed by atoms with E-state index in [4.69, 9.17) is 9.15 Å². The Kier molecular flexibility index (Phi) is 3.79. The summed E-state index contributed by atoms with van der Waals surface area (Å²) in [7, 11) is 1.53. The number of carbonyl (C=O) groups is 3. The van der Waals surface area contributed by atoms with E-state index in [1.165, 1.54) is 12.0 Å². The summed E-state index contributed by atoms with van der Waals surface area (Å²) in [6.07, 6.45) is 1.58. The number of urea groups is 1. The van der Waals surface area contributed by atoms with Gasteiger partial charge in [0.25, 0.3) is 11.8 Å². The molecule has 5 rings (SSSR count). The van der Waals surface area contributed by atoms with Gasteiger partial charge in [0.1, 0.15) is 17.3 Å². The van der Waals surface area contributed by atoms with Gasteiger partial charge in [0.05, 0.1) is 19.0 Å². The number of nitrogens with one attached hydrogen (secondary N) is 2. The molecule has 0 unspecified atom stereocenters. The lowest BCUT2D eigenvalue weighted by Crippen LogP contribution is -2.52. The van der Waals surface area contributed by atoms with Gasteiger partial charge in [-0.25, -0.2) is 9.78 Å². The molecule has 2 aromatic heterocycles. The van der Waals surface area contributed by atoms with E-state index in [-0.39, 0.29) is 18.2 Å². The van der Waals surface area contributed by atoms with Crippen LogP contribution in [0.5, 0.6) is 5.75 Å². The van der Waals surface area contributed by atoms with E-state index in [0.29, 0.717) is 34.8 Å². The average Bonchev–Trinajstić information content (AvgIpc) is 3.36. The molecule has 10 nitrogen and oxygen atoms in total. The summed E-state index contributed by atoms with van der Waals surface area (Å²) in [6, 6.07) is 6.20. The molecule has 1 atom stereocenters. The number of benzene rings is 1. The Morgan fingerprint density at radius 1 is 1.27 bits per heavy atom. The van der Waals surface area contributed by atoms with Crippen molar-refractivity contribution in [2.75, 3.05) is 13.7 Å². The Hall–Kier alpha value is -3.95. The predicted molar refractivity (Wildman–Crippen MR) is 103 cm³/mol. The molecule has 1 aromatic carbocycles. The second-order valence-electron chi connectivity index (χ2n) is 7.29. The monoisotopic (exact) mass is 407 g/mol. The highest BCUT2D eigenvalue weighted by molar-refractivity contribution is 6.08. The van der Waals surface area contributed by atoms with E-state index in [1.54, 1.807) is 31.3 Å². The summed E-state index contributed by atoms with van der Waals surface area (Å²) in [6.45, 7) is 1.91. The third-order valence-electron chi connectivity index (χ3n) is 5.38. The van der Waals surface area contributed by atoms with Crippen molar-refractivity contribution in [2.45, 2.75) is 19.0 Å². The number of ether oxygens (including phenoxy) is 1. The zero-order valence-electron chi connectivity index (χ0n) is 16.2. The highest BCUT2D eigenvalue weighted by Crippen LogP contribution is 2.34. The van der Waals surface area contributed by atoms with Gasteiger partial charge in [0.2, 0.25) is 5.71 Å². The molecule has 1 saturated heterocycles. The van der Waals surface area contributed by atoms with Crippen LogP contribution in [0, 0.1) is 6.92 Å². The first-order valence-electron chi connectivity index (χ1n) is 9.23. The molecule has 0 spiro atoms. The molecular formula is C20H17N5O5. The average molecular weight is 407 g/mol. The lowest BCUT2D eigenvalue weighted by molar-refractivity contribution is -0.125. The maximum absolute atomic E-state index is 13.0. The predicted octanol–water partition coefficient (Wildman–Crippen LogP) is 1.23. The van der Waals surface area contributed by atoms with Crippen LogP contribution >= 0.6 is 0 Å². The van der Waals surface area contributed by atoms with Crippen LogP contribution in [0.1, 0.15) is 27.5 Å². The van der Waals surface area contributed by atoms with Gasteiger partial charge in [-0.2, -0.15) is 4.98 Å². The second kappa shape index (κ2) is 6.28. The number of amides is 4. The van der Waals surface area contributed by atoms with Crippen molar-refractivity contribution >= 4 is 28.9 Å². The van der Waals surface area contributed by atoms with Gasteiger partial charge in [0.15, 0.2) is 5.54 Å². The number of hydrogen-bond donors (Lipinski definition) is 2. The fourth-order valence-corrected chi connectivity index (χ4v) is 3.86. The molecule has 2 aliphatic heterocycles. The Labute approximate surface area is 170 Å². The topological polar surface area (TPSA) is 127 Å². The number of fused-ring (bicyclic) bond motifs is 2. The molecule has 0 bridgehead atoms. The van der Waals surface area contributed by atoms with Crippen molar-refractivity contribution in [1.29, 1.82) is 0 Å². The zero-order chi connectivity index (χ0) is 21.0. The lowest BCUT2D eigenvalue weighted by atomic mass is 9.95. The number of aryl methyl sites for hydroxylation is 1. The number of carbonyl (C=O) groups excluding carboxylic acids is 3. The Morgan fingerprint density at radius 2 is 2.10 bits per heavy atom. The molecule has 30 heavy (non-hydrogen) atoms. The van der Waals surface area contributed by atoms with E-state index < -0.39 is 17.5 Å². The minimum Gasteiger partial charge on any atom is -0.497 e. The number of imide groups is 1. The highest BCUT2D eigenvalue weighted by Gasteiger charge is 2.53. The van der Waals surface area contributed by atoms with E-state index in [0.717, 1.165) is 5.56 Å². The largest absolute Gasteiger partial charge is 0.497 e. The van der Waals surface area contributed by atoms with E-state index >= 15 is 0 Å². The first-order chi connectivity index (χ1) is 14.4. The minimum absolute atomic E-state index is 0.105. The normalized spacial score (nSPS) is 20.5. The molecule has 4 amide bonds. The van der Waals surface area contributed by atoms with Crippen molar-refractivity contribution in [3.05, 3.63) is 53.2 Å². The number of methoxy groups -OCH3 is 1. The molecule has 1 fully saturated rings. The summed E-state index contributed by atoms with van der Waals surface area (Å²) in [5.74, 6) is 0.400. The van der Waals surface area contributed by atoms with Crippen molar-refractivity contribution in [3.63, 3.8) is 0 Å². The van der Waals surface area contributed by atoms with Gasteiger partial charge in [0, 0.05) is 18.3 Å². The van der Waals surface area contributed by atoms with Crippen LogP contribution in [0.3, 0.4) is 0 Å². The molecule has 3 aromatic rings. The number of nitrogens with zero attached hydrogens (tertiary/aromatic N) is 3. The maximum atomic E-state index is 13.0. The molecule has 4 heterocycles. The summed E-state index contributed by atoms with van der Waals surface area (Å²) in [5.41, 5.74) is 0.0340. The van der Waals surface area contributed by atoms with Crippen LogP contribution in [0.15, 0.2) is 34.9 Å². The fourth-order valence-electron chi connectivity index (χ4n) is 3.86. The first kappa shape index (κ1) is 18.1. The Balaban J connectivity index is 1.55. The van der Waals surface area contributed by atoms with Crippen molar-refractivity contribution < 1.29 is 23.5 Å². The SMILES string of the molecule is COc1ccc2c(c1)C(=O)N(C[C@@]1(c3cc4cnc(C)nc4o3)NC(=O)NC1=O)C2. The molecule has 10 heteroatoms. The zero-order valence-corrected chi connectivity index (χ0v) is 16.2. The number of aromatic nitrogens is 2. The van der Waals surface area contributed by atoms with Crippen LogP contribution in [0.2, 0.25) is 0 Å². The number of furan rings is 1. The lowest BCUT2D eigenvalue weighted by Gasteiger charge is -2.28. The van der Waals surface area contributed by atoms with E-state index in [1.807, 2.05) is 6.07 Å². The molecule has 152 valence electrons.